The highest BCUT2D eigenvalue weighted by atomic mass is 32.1. The van der Waals surface area contributed by atoms with E-state index in [-0.39, 0.29) is 6.54 Å². The average molecular weight is 329 g/mol. The molecule has 3 rings (SSSR count). The van der Waals surface area contributed by atoms with E-state index in [4.69, 9.17) is 9.84 Å². The Morgan fingerprint density at radius 2 is 2.04 bits per heavy atom. The van der Waals surface area contributed by atoms with E-state index >= 15 is 0 Å². The number of methoxy groups -OCH3 is 1. The topological polar surface area (TPSA) is 84.3 Å². The molecular weight excluding hydrogens is 314 g/mol. The van der Waals surface area contributed by atoms with Crippen molar-refractivity contribution in [2.24, 2.45) is 0 Å². The van der Waals surface area contributed by atoms with Crippen LogP contribution < -0.4 is 10.1 Å². The number of rotatable bonds is 5. The Bertz CT molecular complexity index is 859. The fourth-order valence-corrected chi connectivity index (χ4v) is 3.31. The number of benzene rings is 1. The van der Waals surface area contributed by atoms with Crippen molar-refractivity contribution in [2.75, 3.05) is 19.0 Å². The van der Waals surface area contributed by atoms with E-state index in [2.05, 4.69) is 15.3 Å². The van der Waals surface area contributed by atoms with Crippen LogP contribution in [0.25, 0.3) is 21.3 Å². The summed E-state index contributed by atoms with van der Waals surface area (Å²) in [6, 6.07) is 7.69. The first-order valence-corrected chi connectivity index (χ1v) is 7.82. The Balaban J connectivity index is 2.11. The predicted molar refractivity (Wildman–Crippen MR) is 90.3 cm³/mol. The van der Waals surface area contributed by atoms with Crippen LogP contribution in [0.2, 0.25) is 0 Å². The van der Waals surface area contributed by atoms with Crippen LogP contribution in [0.5, 0.6) is 5.75 Å². The predicted octanol–water partition coefficient (Wildman–Crippen LogP) is 3.17. The normalized spacial score (nSPS) is 10.7. The standard InChI is InChI=1S/C16H15N3O3S/c1-9-18-15(17-7-13(20)21)14-12(8-23-16(14)19-9)10-3-5-11(22-2)6-4-10/h3-6,8H,7H2,1-2H3,(H,20,21)(H,17,18,19). The van der Waals surface area contributed by atoms with Crippen molar-refractivity contribution in [3.63, 3.8) is 0 Å². The second kappa shape index (κ2) is 6.21. The molecule has 0 radical (unpaired) electrons. The third kappa shape index (κ3) is 3.09. The van der Waals surface area contributed by atoms with E-state index in [9.17, 15) is 4.79 Å². The first-order valence-electron chi connectivity index (χ1n) is 6.94. The number of aromatic nitrogens is 2. The smallest absolute Gasteiger partial charge is 0.322 e. The highest BCUT2D eigenvalue weighted by molar-refractivity contribution is 7.17. The lowest BCUT2D eigenvalue weighted by molar-refractivity contribution is -0.134. The van der Waals surface area contributed by atoms with Gasteiger partial charge in [0.25, 0.3) is 0 Å². The number of hydrogen-bond donors (Lipinski definition) is 2. The summed E-state index contributed by atoms with van der Waals surface area (Å²) in [7, 11) is 1.62. The summed E-state index contributed by atoms with van der Waals surface area (Å²) in [6.07, 6.45) is 0. The van der Waals surface area contributed by atoms with Gasteiger partial charge in [-0.3, -0.25) is 4.79 Å². The molecule has 0 amide bonds. The summed E-state index contributed by atoms with van der Waals surface area (Å²) in [5.74, 6) is 0.996. The lowest BCUT2D eigenvalue weighted by Crippen LogP contribution is -2.14. The molecule has 0 saturated carbocycles. The van der Waals surface area contributed by atoms with E-state index in [1.807, 2.05) is 29.6 Å². The molecule has 0 spiro atoms. The van der Waals surface area contributed by atoms with E-state index in [0.717, 1.165) is 27.1 Å². The van der Waals surface area contributed by atoms with Gasteiger partial charge in [-0.25, -0.2) is 9.97 Å². The third-order valence-electron chi connectivity index (χ3n) is 3.35. The number of ether oxygens (including phenoxy) is 1. The Morgan fingerprint density at radius 3 is 2.70 bits per heavy atom. The van der Waals surface area contributed by atoms with Gasteiger partial charge < -0.3 is 15.2 Å². The van der Waals surface area contributed by atoms with Crippen molar-refractivity contribution in [3.05, 3.63) is 35.5 Å². The highest BCUT2D eigenvalue weighted by Gasteiger charge is 2.15. The van der Waals surface area contributed by atoms with Gasteiger partial charge in [-0.15, -0.1) is 11.3 Å². The molecule has 2 aromatic heterocycles. The summed E-state index contributed by atoms with van der Waals surface area (Å²) >= 11 is 1.51. The monoisotopic (exact) mass is 329 g/mol. The quantitative estimate of drug-likeness (QED) is 0.748. The minimum Gasteiger partial charge on any atom is -0.497 e. The van der Waals surface area contributed by atoms with Gasteiger partial charge in [0.05, 0.1) is 12.5 Å². The molecule has 118 valence electrons. The zero-order chi connectivity index (χ0) is 16.4. The van der Waals surface area contributed by atoms with E-state index in [1.165, 1.54) is 11.3 Å². The van der Waals surface area contributed by atoms with Crippen LogP contribution in [0.15, 0.2) is 29.6 Å². The van der Waals surface area contributed by atoms with Crippen LogP contribution in [0.3, 0.4) is 0 Å². The molecule has 1 aromatic carbocycles. The number of nitrogens with zero attached hydrogens (tertiary/aromatic N) is 2. The zero-order valence-electron chi connectivity index (χ0n) is 12.7. The van der Waals surface area contributed by atoms with Crippen LogP contribution in [-0.4, -0.2) is 34.7 Å². The molecule has 0 unspecified atom stereocenters. The number of hydrogen-bond acceptors (Lipinski definition) is 6. The average Bonchev–Trinajstić information content (AvgIpc) is 2.96. The molecule has 0 aliphatic carbocycles. The molecule has 0 aliphatic rings. The number of anilines is 1. The molecule has 2 N–H and O–H groups in total. The van der Waals surface area contributed by atoms with Crippen molar-refractivity contribution in [1.82, 2.24) is 9.97 Å². The third-order valence-corrected chi connectivity index (χ3v) is 4.23. The summed E-state index contributed by atoms with van der Waals surface area (Å²) in [4.78, 5) is 20.5. The Hall–Kier alpha value is -2.67. The number of nitrogens with one attached hydrogen (secondary N) is 1. The van der Waals surface area contributed by atoms with Gasteiger partial charge in [-0.2, -0.15) is 0 Å². The summed E-state index contributed by atoms with van der Waals surface area (Å²) < 4.78 is 5.18. The van der Waals surface area contributed by atoms with Crippen molar-refractivity contribution < 1.29 is 14.6 Å². The summed E-state index contributed by atoms with van der Waals surface area (Å²) in [6.45, 7) is 1.60. The first kappa shape index (κ1) is 15.2. The number of thiophene rings is 1. The van der Waals surface area contributed by atoms with Crippen LogP contribution in [-0.2, 0) is 4.79 Å². The maximum atomic E-state index is 10.8. The molecule has 0 bridgehead atoms. The SMILES string of the molecule is COc1ccc(-c2csc3nc(C)nc(NCC(=O)O)c23)cc1. The van der Waals surface area contributed by atoms with Crippen LogP contribution in [0.1, 0.15) is 5.82 Å². The summed E-state index contributed by atoms with van der Waals surface area (Å²) in [5.41, 5.74) is 1.98. The fraction of sp³-hybridized carbons (Fsp3) is 0.188. The van der Waals surface area contributed by atoms with Crippen molar-refractivity contribution in [1.29, 1.82) is 0 Å². The summed E-state index contributed by atoms with van der Waals surface area (Å²) in [5, 5.41) is 14.6. The second-order valence-electron chi connectivity index (χ2n) is 4.92. The van der Waals surface area contributed by atoms with Gasteiger partial charge >= 0.3 is 5.97 Å². The lowest BCUT2D eigenvalue weighted by Gasteiger charge is -2.08. The number of aryl methyl sites for hydroxylation is 1. The van der Waals surface area contributed by atoms with Gasteiger partial charge in [0.15, 0.2) is 0 Å². The van der Waals surface area contributed by atoms with Crippen molar-refractivity contribution in [2.45, 2.75) is 6.92 Å². The van der Waals surface area contributed by atoms with Gasteiger partial charge in [-0.1, -0.05) is 12.1 Å². The van der Waals surface area contributed by atoms with Crippen molar-refractivity contribution in [3.8, 4) is 16.9 Å². The van der Waals surface area contributed by atoms with Gasteiger partial charge in [0.1, 0.15) is 28.8 Å². The number of aliphatic carboxylic acids is 1. The Labute approximate surface area is 136 Å². The molecule has 6 nitrogen and oxygen atoms in total. The van der Waals surface area contributed by atoms with E-state index in [1.54, 1.807) is 14.0 Å². The Kier molecular flexibility index (Phi) is 4.12. The maximum Gasteiger partial charge on any atom is 0.322 e. The van der Waals surface area contributed by atoms with Crippen LogP contribution in [0.4, 0.5) is 5.82 Å². The number of carboxylic acids is 1. The highest BCUT2D eigenvalue weighted by Crippen LogP contribution is 2.37. The molecule has 0 saturated heterocycles. The first-order chi connectivity index (χ1) is 11.1. The molecule has 7 heteroatoms. The minimum atomic E-state index is -0.935. The van der Waals surface area contributed by atoms with Gasteiger partial charge in [0.2, 0.25) is 0 Å². The van der Waals surface area contributed by atoms with Gasteiger partial charge in [0, 0.05) is 10.9 Å². The zero-order valence-corrected chi connectivity index (χ0v) is 13.5. The Morgan fingerprint density at radius 1 is 1.30 bits per heavy atom. The molecule has 23 heavy (non-hydrogen) atoms. The van der Waals surface area contributed by atoms with Crippen LogP contribution >= 0.6 is 11.3 Å². The number of carbonyl (C=O) groups is 1. The van der Waals surface area contributed by atoms with Crippen LogP contribution in [0, 0.1) is 6.92 Å². The molecular formula is C16H15N3O3S. The van der Waals surface area contributed by atoms with E-state index < -0.39 is 5.97 Å². The fourth-order valence-electron chi connectivity index (χ4n) is 2.32. The maximum absolute atomic E-state index is 10.8. The van der Waals surface area contributed by atoms with E-state index in [0.29, 0.717) is 11.6 Å². The van der Waals surface area contributed by atoms with Crippen molar-refractivity contribution >= 4 is 33.3 Å². The molecule has 0 fully saturated rings. The number of carboxylic acid groups (broad SMARTS) is 1. The lowest BCUT2D eigenvalue weighted by atomic mass is 10.1. The molecule has 0 aliphatic heterocycles. The molecule has 3 aromatic rings. The number of fused-ring (bicyclic) bond motifs is 1. The largest absolute Gasteiger partial charge is 0.497 e. The molecule has 0 atom stereocenters. The molecule has 2 heterocycles. The van der Waals surface area contributed by atoms with Gasteiger partial charge in [-0.05, 0) is 24.6 Å². The minimum absolute atomic E-state index is 0.191. The second-order valence-corrected chi connectivity index (χ2v) is 5.78.